The van der Waals surface area contributed by atoms with E-state index >= 15 is 0 Å². The zero-order valence-electron chi connectivity index (χ0n) is 23.2. The Bertz CT molecular complexity index is 1810. The normalized spacial score (nSPS) is 17.5. The van der Waals surface area contributed by atoms with Crippen LogP contribution in [0.5, 0.6) is 0 Å². The minimum Gasteiger partial charge on any atom is -0.464 e. The molecular weight excluding hydrogens is 538 g/mol. The van der Waals surface area contributed by atoms with E-state index in [9.17, 15) is 24.3 Å². The molecule has 10 heteroatoms. The molecule has 10 nitrogen and oxygen atoms in total. The maximum absolute atomic E-state index is 14.1. The highest BCUT2D eigenvalue weighted by atomic mass is 16.6. The SMILES string of the molecule is CCOC(=O)C(Cc1ccccc1)NC(=O)c1c2c(nc3ccccc13)-c1cc3c(c(=O)n1C2)COC(=O)[C@]3(O)CC. The number of carbonyl (C=O) groups is 3. The Kier molecular flexibility index (Phi) is 6.86. The summed E-state index contributed by atoms with van der Waals surface area (Å²) in [5.41, 5.74) is 0.931. The van der Waals surface area contributed by atoms with Crippen LogP contribution in [0.1, 0.15) is 52.9 Å². The van der Waals surface area contributed by atoms with E-state index < -0.39 is 35.0 Å². The summed E-state index contributed by atoms with van der Waals surface area (Å²) >= 11 is 0. The van der Waals surface area contributed by atoms with Crippen LogP contribution < -0.4 is 10.9 Å². The standard InChI is InChI=1S/C32H29N3O7/c1-3-32(40)22-15-25-27-20(16-35(25)29(37)21(22)17-42-31(32)39)26(19-12-8-9-13-23(19)33-27)28(36)34-24(30(38)41-4-2)14-18-10-6-5-7-11-18/h5-13,15,24,40H,3-4,14,16-17H2,1-2H3,(H,34,36)/t24?,32-/m0/s1. The predicted molar refractivity (Wildman–Crippen MR) is 153 cm³/mol. The van der Waals surface area contributed by atoms with E-state index in [1.54, 1.807) is 44.2 Å². The summed E-state index contributed by atoms with van der Waals surface area (Å²) in [7, 11) is 0. The first-order valence-corrected chi connectivity index (χ1v) is 13.9. The molecule has 2 aromatic heterocycles. The highest BCUT2D eigenvalue weighted by Crippen LogP contribution is 2.40. The zero-order valence-corrected chi connectivity index (χ0v) is 23.2. The predicted octanol–water partition coefficient (Wildman–Crippen LogP) is 2.98. The Morgan fingerprint density at radius 2 is 1.83 bits per heavy atom. The lowest BCUT2D eigenvalue weighted by molar-refractivity contribution is -0.172. The van der Waals surface area contributed by atoms with Gasteiger partial charge in [-0.1, -0.05) is 55.5 Å². The number of ether oxygens (including phenoxy) is 2. The lowest BCUT2D eigenvalue weighted by Crippen LogP contribution is -2.44. The Balaban J connectivity index is 1.48. The summed E-state index contributed by atoms with van der Waals surface area (Å²) in [6, 6.07) is 17.1. The molecule has 1 unspecified atom stereocenters. The van der Waals surface area contributed by atoms with Gasteiger partial charge in [-0.15, -0.1) is 0 Å². The van der Waals surface area contributed by atoms with E-state index in [0.717, 1.165) is 5.56 Å². The molecular formula is C32H29N3O7. The summed E-state index contributed by atoms with van der Waals surface area (Å²) in [6.07, 6.45) is 0.247. The number of fused-ring (bicyclic) bond motifs is 5. The number of aromatic nitrogens is 2. The summed E-state index contributed by atoms with van der Waals surface area (Å²) in [5.74, 6) is -1.87. The zero-order chi connectivity index (χ0) is 29.6. The number of cyclic esters (lactones) is 1. The highest BCUT2D eigenvalue weighted by Gasteiger charge is 2.45. The van der Waals surface area contributed by atoms with Crippen molar-refractivity contribution < 1.29 is 29.0 Å². The number of nitrogens with one attached hydrogen (secondary N) is 1. The molecule has 0 bridgehead atoms. The van der Waals surface area contributed by atoms with Crippen molar-refractivity contribution in [1.29, 1.82) is 0 Å². The van der Waals surface area contributed by atoms with Gasteiger partial charge in [0.2, 0.25) is 0 Å². The molecule has 2 aliphatic heterocycles. The van der Waals surface area contributed by atoms with Crippen molar-refractivity contribution in [2.75, 3.05) is 6.61 Å². The van der Waals surface area contributed by atoms with Crippen LogP contribution in [0, 0.1) is 0 Å². The average molecular weight is 568 g/mol. The van der Waals surface area contributed by atoms with Crippen molar-refractivity contribution in [3.05, 3.63) is 98.8 Å². The molecule has 0 saturated carbocycles. The third kappa shape index (κ3) is 4.35. The summed E-state index contributed by atoms with van der Waals surface area (Å²) < 4.78 is 11.9. The van der Waals surface area contributed by atoms with Gasteiger partial charge in [0.05, 0.1) is 41.2 Å². The van der Waals surface area contributed by atoms with Crippen LogP contribution >= 0.6 is 0 Å². The lowest BCUT2D eigenvalue weighted by Gasteiger charge is -2.31. The molecule has 0 aliphatic carbocycles. The minimum absolute atomic E-state index is 0.0179. The summed E-state index contributed by atoms with van der Waals surface area (Å²) in [6.45, 7) is 3.29. The fourth-order valence-electron chi connectivity index (χ4n) is 5.80. The van der Waals surface area contributed by atoms with Gasteiger partial charge in [0.25, 0.3) is 11.5 Å². The number of nitrogens with zero attached hydrogens (tertiary/aromatic N) is 2. The van der Waals surface area contributed by atoms with Gasteiger partial charge in [-0.05, 0) is 31.0 Å². The van der Waals surface area contributed by atoms with Gasteiger partial charge in [0.15, 0.2) is 5.60 Å². The molecule has 42 heavy (non-hydrogen) atoms. The van der Waals surface area contributed by atoms with Crippen LogP contribution in [0.15, 0.2) is 65.5 Å². The number of carbonyl (C=O) groups excluding carboxylic acids is 3. The van der Waals surface area contributed by atoms with Gasteiger partial charge >= 0.3 is 11.9 Å². The number of hydrogen-bond donors (Lipinski definition) is 2. The second-order valence-electron chi connectivity index (χ2n) is 10.4. The molecule has 4 aromatic rings. The third-order valence-corrected chi connectivity index (χ3v) is 7.98. The third-order valence-electron chi connectivity index (χ3n) is 7.98. The Hall–Kier alpha value is -4.83. The maximum atomic E-state index is 14.1. The van der Waals surface area contributed by atoms with Crippen LogP contribution in [0.25, 0.3) is 22.3 Å². The molecule has 2 N–H and O–H groups in total. The molecule has 2 aliphatic rings. The van der Waals surface area contributed by atoms with E-state index in [-0.39, 0.29) is 49.3 Å². The number of benzene rings is 2. The van der Waals surface area contributed by atoms with Crippen molar-refractivity contribution in [2.45, 2.75) is 51.5 Å². The number of hydrogen-bond acceptors (Lipinski definition) is 8. The molecule has 214 valence electrons. The monoisotopic (exact) mass is 567 g/mol. The van der Waals surface area contributed by atoms with Gasteiger partial charge in [-0.2, -0.15) is 0 Å². The van der Waals surface area contributed by atoms with E-state index in [2.05, 4.69) is 5.32 Å². The number of amides is 1. The topological polar surface area (TPSA) is 137 Å². The highest BCUT2D eigenvalue weighted by molar-refractivity contribution is 6.10. The van der Waals surface area contributed by atoms with Gasteiger partial charge in [-0.3, -0.25) is 9.59 Å². The molecule has 2 aromatic carbocycles. The first-order chi connectivity index (χ1) is 20.3. The first-order valence-electron chi connectivity index (χ1n) is 13.9. The second-order valence-corrected chi connectivity index (χ2v) is 10.4. The van der Waals surface area contributed by atoms with Crippen LogP contribution in [-0.4, -0.2) is 45.2 Å². The number of aliphatic hydroxyl groups is 1. The molecule has 1 amide bonds. The van der Waals surface area contributed by atoms with Crippen molar-refractivity contribution in [3.8, 4) is 11.4 Å². The smallest absolute Gasteiger partial charge is 0.343 e. The van der Waals surface area contributed by atoms with Crippen molar-refractivity contribution in [3.63, 3.8) is 0 Å². The van der Waals surface area contributed by atoms with Crippen LogP contribution in [0.4, 0.5) is 0 Å². The van der Waals surface area contributed by atoms with Gasteiger partial charge in [0.1, 0.15) is 12.6 Å². The fourth-order valence-corrected chi connectivity index (χ4v) is 5.80. The molecule has 6 rings (SSSR count). The second kappa shape index (κ2) is 10.5. The van der Waals surface area contributed by atoms with Gasteiger partial charge < -0.3 is 24.5 Å². The van der Waals surface area contributed by atoms with E-state index in [1.165, 1.54) is 4.57 Å². The molecule has 2 atom stereocenters. The van der Waals surface area contributed by atoms with Crippen molar-refractivity contribution >= 4 is 28.7 Å². The van der Waals surface area contributed by atoms with Gasteiger partial charge in [-0.25, -0.2) is 14.6 Å². The number of rotatable bonds is 7. The summed E-state index contributed by atoms with van der Waals surface area (Å²) in [5, 5.41) is 14.6. The number of pyridine rings is 2. The molecule has 0 radical (unpaired) electrons. The first kappa shape index (κ1) is 27.3. The Labute approximate surface area is 240 Å². The average Bonchev–Trinajstić information content (AvgIpc) is 3.36. The van der Waals surface area contributed by atoms with Crippen LogP contribution in [0.3, 0.4) is 0 Å². The lowest BCUT2D eigenvalue weighted by atomic mass is 9.86. The van der Waals surface area contributed by atoms with Crippen LogP contribution in [-0.2, 0) is 44.2 Å². The molecule has 0 fully saturated rings. The molecule has 0 spiro atoms. The van der Waals surface area contributed by atoms with Crippen LogP contribution in [0.2, 0.25) is 0 Å². The van der Waals surface area contributed by atoms with E-state index in [4.69, 9.17) is 14.5 Å². The van der Waals surface area contributed by atoms with Crippen molar-refractivity contribution in [1.82, 2.24) is 14.9 Å². The largest absolute Gasteiger partial charge is 0.464 e. The summed E-state index contributed by atoms with van der Waals surface area (Å²) in [4.78, 5) is 58.0. The Morgan fingerprint density at radius 1 is 1.10 bits per heavy atom. The van der Waals surface area contributed by atoms with E-state index in [1.807, 2.05) is 30.3 Å². The maximum Gasteiger partial charge on any atom is 0.343 e. The fraction of sp³-hybridized carbons (Fsp3) is 0.281. The molecule has 0 saturated heterocycles. The quantitative estimate of drug-likeness (QED) is 0.287. The van der Waals surface area contributed by atoms with Crippen molar-refractivity contribution in [2.24, 2.45) is 0 Å². The van der Waals surface area contributed by atoms with E-state index in [0.29, 0.717) is 27.9 Å². The molecule has 4 heterocycles. The Morgan fingerprint density at radius 3 is 2.57 bits per heavy atom. The minimum atomic E-state index is -1.97. The number of para-hydroxylation sites is 1. The van der Waals surface area contributed by atoms with Gasteiger partial charge in [0, 0.05) is 22.9 Å². The number of esters is 2.